The number of aryl methyl sites for hydroxylation is 1. The van der Waals surface area contributed by atoms with Crippen molar-refractivity contribution in [3.8, 4) is 0 Å². The molecule has 0 unspecified atom stereocenters. The Morgan fingerprint density at radius 3 is 2.46 bits per heavy atom. The minimum absolute atomic E-state index is 0.108. The second-order valence-electron chi connectivity index (χ2n) is 5.90. The summed E-state index contributed by atoms with van der Waals surface area (Å²) in [4.78, 5) is 27.6. The average Bonchev–Trinajstić information content (AvgIpc) is 3.04. The summed E-state index contributed by atoms with van der Waals surface area (Å²) in [7, 11) is 0. The van der Waals surface area contributed by atoms with Crippen LogP contribution in [-0.2, 0) is 4.79 Å². The fourth-order valence-corrected chi connectivity index (χ4v) is 2.93. The molecule has 0 bridgehead atoms. The number of hydrogen-bond acceptors (Lipinski definition) is 4. The lowest BCUT2D eigenvalue weighted by molar-refractivity contribution is -0.113. The molecule has 2 heterocycles. The smallest absolute Gasteiger partial charge is 0.274 e. The van der Waals surface area contributed by atoms with Crippen molar-refractivity contribution in [2.45, 2.75) is 13.0 Å². The topological polar surface area (TPSA) is 69.3 Å². The Morgan fingerprint density at radius 1 is 1.25 bits per heavy atom. The number of nitrogens with one attached hydrogen (secondary N) is 1. The summed E-state index contributed by atoms with van der Waals surface area (Å²) < 4.78 is 13.0. The van der Waals surface area contributed by atoms with Crippen LogP contribution in [0, 0.1) is 12.7 Å². The number of rotatable bonds is 4. The molecular formula is C17H19FN4O2. The van der Waals surface area contributed by atoms with Gasteiger partial charge in [0.25, 0.3) is 5.91 Å². The highest BCUT2D eigenvalue weighted by molar-refractivity contribution is 5.92. The van der Waals surface area contributed by atoms with Crippen LogP contribution in [0.15, 0.2) is 30.3 Å². The zero-order valence-electron chi connectivity index (χ0n) is 13.4. The first-order valence-electron chi connectivity index (χ1n) is 7.84. The molecule has 0 aliphatic carbocycles. The summed E-state index contributed by atoms with van der Waals surface area (Å²) in [5, 5.41) is 6.76. The van der Waals surface area contributed by atoms with E-state index in [1.165, 1.54) is 12.1 Å². The minimum Gasteiger partial charge on any atom is -0.335 e. The Kier molecular flexibility index (Phi) is 4.71. The third kappa shape index (κ3) is 3.35. The second kappa shape index (κ2) is 6.92. The van der Waals surface area contributed by atoms with E-state index in [1.807, 2.05) is 11.8 Å². The van der Waals surface area contributed by atoms with Crippen molar-refractivity contribution in [3.63, 3.8) is 0 Å². The molecule has 126 valence electrons. The van der Waals surface area contributed by atoms with Crippen molar-refractivity contribution in [3.05, 3.63) is 53.1 Å². The first-order valence-corrected chi connectivity index (χ1v) is 7.84. The predicted molar refractivity (Wildman–Crippen MR) is 86.0 cm³/mol. The number of aldehydes is 1. The number of aromatic nitrogens is 2. The molecule has 0 saturated carbocycles. The SMILES string of the molecule is Cc1cc(C(=O)N2CCN([C@H](C=O)c3ccc(F)cc3)CC2)n[nH]1. The molecule has 0 spiro atoms. The van der Waals surface area contributed by atoms with E-state index in [1.54, 1.807) is 23.1 Å². The number of H-pyrrole nitrogens is 1. The minimum atomic E-state index is -0.421. The summed E-state index contributed by atoms with van der Waals surface area (Å²) in [6, 6.07) is 7.26. The number of aromatic amines is 1. The maximum absolute atomic E-state index is 13.0. The van der Waals surface area contributed by atoms with Gasteiger partial charge in [-0.15, -0.1) is 0 Å². The van der Waals surface area contributed by atoms with Crippen molar-refractivity contribution in [1.29, 1.82) is 0 Å². The molecule has 3 rings (SSSR count). The van der Waals surface area contributed by atoms with Gasteiger partial charge < -0.3 is 9.69 Å². The molecule has 24 heavy (non-hydrogen) atoms. The number of carbonyl (C=O) groups is 2. The second-order valence-corrected chi connectivity index (χ2v) is 5.90. The zero-order chi connectivity index (χ0) is 17.1. The van der Waals surface area contributed by atoms with E-state index < -0.39 is 6.04 Å². The van der Waals surface area contributed by atoms with Gasteiger partial charge in [0.15, 0.2) is 0 Å². The number of amides is 1. The normalized spacial score (nSPS) is 16.8. The van der Waals surface area contributed by atoms with Crippen LogP contribution in [0.1, 0.15) is 27.8 Å². The number of benzene rings is 1. The predicted octanol–water partition coefficient (Wildman–Crippen LogP) is 1.56. The molecule has 0 radical (unpaired) electrons. The third-order valence-corrected chi connectivity index (χ3v) is 4.26. The van der Waals surface area contributed by atoms with Crippen molar-refractivity contribution in [2.75, 3.05) is 26.2 Å². The van der Waals surface area contributed by atoms with Crippen LogP contribution in [0.25, 0.3) is 0 Å². The number of carbonyl (C=O) groups excluding carboxylic acids is 2. The Bertz CT molecular complexity index is 720. The Labute approximate surface area is 139 Å². The van der Waals surface area contributed by atoms with Crippen molar-refractivity contribution < 1.29 is 14.0 Å². The van der Waals surface area contributed by atoms with Crippen LogP contribution < -0.4 is 0 Å². The Morgan fingerprint density at radius 2 is 1.92 bits per heavy atom. The van der Waals surface area contributed by atoms with Crippen LogP contribution in [0.5, 0.6) is 0 Å². The van der Waals surface area contributed by atoms with Gasteiger partial charge in [0.2, 0.25) is 0 Å². The van der Waals surface area contributed by atoms with Gasteiger partial charge in [-0.05, 0) is 30.7 Å². The first-order chi connectivity index (χ1) is 11.6. The van der Waals surface area contributed by atoms with Gasteiger partial charge in [0.05, 0.1) is 6.04 Å². The monoisotopic (exact) mass is 330 g/mol. The highest BCUT2D eigenvalue weighted by Gasteiger charge is 2.28. The summed E-state index contributed by atoms with van der Waals surface area (Å²) in [5.41, 5.74) is 2.01. The van der Waals surface area contributed by atoms with E-state index in [0.29, 0.717) is 31.9 Å². The molecule has 1 aliphatic rings. The van der Waals surface area contributed by atoms with Gasteiger partial charge in [-0.1, -0.05) is 12.1 Å². The Hall–Kier alpha value is -2.54. The maximum atomic E-state index is 13.0. The summed E-state index contributed by atoms with van der Waals surface area (Å²) in [6.07, 6.45) is 0.863. The fraction of sp³-hybridized carbons (Fsp3) is 0.353. The molecule has 1 saturated heterocycles. The Balaban J connectivity index is 1.64. The van der Waals surface area contributed by atoms with Gasteiger partial charge in [0.1, 0.15) is 17.8 Å². The lowest BCUT2D eigenvalue weighted by atomic mass is 10.1. The van der Waals surface area contributed by atoms with Crippen molar-refractivity contribution >= 4 is 12.2 Å². The summed E-state index contributed by atoms with van der Waals surface area (Å²) in [6.45, 7) is 4.05. The molecule has 1 N–H and O–H groups in total. The van der Waals surface area contributed by atoms with Crippen LogP contribution >= 0.6 is 0 Å². The largest absolute Gasteiger partial charge is 0.335 e. The van der Waals surface area contributed by atoms with Gasteiger partial charge >= 0.3 is 0 Å². The van der Waals surface area contributed by atoms with E-state index in [9.17, 15) is 14.0 Å². The average molecular weight is 330 g/mol. The van der Waals surface area contributed by atoms with Crippen molar-refractivity contribution in [1.82, 2.24) is 20.0 Å². The zero-order valence-corrected chi connectivity index (χ0v) is 13.4. The molecule has 1 aliphatic heterocycles. The highest BCUT2D eigenvalue weighted by atomic mass is 19.1. The molecule has 2 aromatic rings. The number of halogens is 1. The van der Waals surface area contributed by atoms with Crippen LogP contribution in [0.3, 0.4) is 0 Å². The number of piperazine rings is 1. The first kappa shape index (κ1) is 16.3. The lowest BCUT2D eigenvalue weighted by Gasteiger charge is -2.37. The molecule has 6 nitrogen and oxygen atoms in total. The van der Waals surface area contributed by atoms with E-state index in [2.05, 4.69) is 10.2 Å². The van der Waals surface area contributed by atoms with E-state index in [-0.39, 0.29) is 11.7 Å². The molecule has 1 amide bonds. The quantitative estimate of drug-likeness (QED) is 0.864. The van der Waals surface area contributed by atoms with Crippen molar-refractivity contribution in [2.24, 2.45) is 0 Å². The summed E-state index contributed by atoms with van der Waals surface area (Å²) >= 11 is 0. The van der Waals surface area contributed by atoms with Gasteiger partial charge in [-0.25, -0.2) is 4.39 Å². The lowest BCUT2D eigenvalue weighted by Crippen LogP contribution is -2.50. The van der Waals surface area contributed by atoms with Crippen LogP contribution in [0.2, 0.25) is 0 Å². The van der Waals surface area contributed by atoms with E-state index in [0.717, 1.165) is 17.5 Å². The van der Waals surface area contributed by atoms with Crippen LogP contribution in [0.4, 0.5) is 4.39 Å². The molecule has 1 aromatic carbocycles. The number of nitrogens with zero attached hydrogens (tertiary/aromatic N) is 3. The number of hydrogen-bond donors (Lipinski definition) is 1. The maximum Gasteiger partial charge on any atom is 0.274 e. The highest BCUT2D eigenvalue weighted by Crippen LogP contribution is 2.21. The van der Waals surface area contributed by atoms with Crippen LogP contribution in [-0.4, -0.2) is 58.4 Å². The molecular weight excluding hydrogens is 311 g/mol. The fourth-order valence-electron chi connectivity index (χ4n) is 2.93. The standard InChI is InChI=1S/C17H19FN4O2/c1-12-10-15(20-19-12)17(24)22-8-6-21(7-9-22)16(11-23)13-2-4-14(18)5-3-13/h2-5,10-11,16H,6-9H2,1H3,(H,19,20)/t16-/m1/s1. The van der Waals surface area contributed by atoms with E-state index in [4.69, 9.17) is 0 Å². The molecule has 1 fully saturated rings. The van der Waals surface area contributed by atoms with Gasteiger partial charge in [0, 0.05) is 31.9 Å². The van der Waals surface area contributed by atoms with Gasteiger partial charge in [-0.2, -0.15) is 5.10 Å². The third-order valence-electron chi connectivity index (χ3n) is 4.26. The summed E-state index contributed by atoms with van der Waals surface area (Å²) in [5.74, 6) is -0.434. The molecule has 1 aromatic heterocycles. The van der Waals surface area contributed by atoms with Gasteiger partial charge in [-0.3, -0.25) is 14.8 Å². The van der Waals surface area contributed by atoms with E-state index >= 15 is 0 Å². The molecule has 1 atom stereocenters. The molecule has 7 heteroatoms.